The minimum absolute atomic E-state index is 0.803. The summed E-state index contributed by atoms with van der Waals surface area (Å²) in [5, 5.41) is 1.76. The van der Waals surface area contributed by atoms with Gasteiger partial charge in [0.15, 0.2) is 0 Å². The molecule has 0 aromatic carbocycles. The fourth-order valence-electron chi connectivity index (χ4n) is 0.617. The van der Waals surface area contributed by atoms with Crippen LogP contribution >= 0.6 is 24.4 Å². The number of hydrogen-bond donors (Lipinski definition) is 1. The van der Waals surface area contributed by atoms with E-state index in [1.165, 1.54) is 12.8 Å². The molecule has 0 fully saturated rings. The molecule has 1 unspecified atom stereocenters. The standard InChI is InChI=1S/C6H14S2/c1-3-4-6(2)8-5-7/h6-7H,3-5H2,1-2H3. The third-order valence-corrected chi connectivity index (χ3v) is 2.46. The van der Waals surface area contributed by atoms with Crippen molar-refractivity contribution >= 4 is 24.4 Å². The van der Waals surface area contributed by atoms with Gasteiger partial charge in [0.05, 0.1) is 0 Å². The van der Waals surface area contributed by atoms with Crippen LogP contribution in [0, 0.1) is 0 Å². The Labute approximate surface area is 61.8 Å². The molecule has 0 bridgehead atoms. The Morgan fingerprint density at radius 3 is 2.62 bits per heavy atom. The number of rotatable bonds is 4. The zero-order valence-corrected chi connectivity index (χ0v) is 7.27. The average molecular weight is 150 g/mol. The van der Waals surface area contributed by atoms with Gasteiger partial charge in [0.1, 0.15) is 0 Å². The van der Waals surface area contributed by atoms with Gasteiger partial charge in [-0.05, 0) is 6.42 Å². The second-order valence-corrected chi connectivity index (χ2v) is 4.07. The zero-order valence-electron chi connectivity index (χ0n) is 5.55. The van der Waals surface area contributed by atoms with Crippen molar-refractivity contribution in [3.63, 3.8) is 0 Å². The van der Waals surface area contributed by atoms with Crippen LogP contribution in [0.2, 0.25) is 0 Å². The summed E-state index contributed by atoms with van der Waals surface area (Å²) in [7, 11) is 0. The summed E-state index contributed by atoms with van der Waals surface area (Å²) in [5.41, 5.74) is 0. The van der Waals surface area contributed by atoms with Crippen molar-refractivity contribution in [1.82, 2.24) is 0 Å². The minimum Gasteiger partial charge on any atom is -0.168 e. The van der Waals surface area contributed by atoms with Crippen molar-refractivity contribution in [2.45, 2.75) is 31.9 Å². The topological polar surface area (TPSA) is 0 Å². The normalized spacial score (nSPS) is 13.9. The first kappa shape index (κ1) is 8.70. The van der Waals surface area contributed by atoms with Gasteiger partial charge >= 0.3 is 0 Å². The van der Waals surface area contributed by atoms with Gasteiger partial charge in [0.2, 0.25) is 0 Å². The molecule has 0 saturated carbocycles. The quantitative estimate of drug-likeness (QED) is 0.475. The van der Waals surface area contributed by atoms with Crippen LogP contribution in [0.1, 0.15) is 26.7 Å². The summed E-state index contributed by atoms with van der Waals surface area (Å²) in [6.45, 7) is 4.47. The second kappa shape index (κ2) is 5.83. The van der Waals surface area contributed by atoms with Gasteiger partial charge in [-0.2, -0.15) is 12.6 Å². The van der Waals surface area contributed by atoms with E-state index in [2.05, 4.69) is 26.5 Å². The maximum absolute atomic E-state index is 4.12. The van der Waals surface area contributed by atoms with Crippen molar-refractivity contribution in [2.75, 3.05) is 5.08 Å². The van der Waals surface area contributed by atoms with Gasteiger partial charge in [-0.15, -0.1) is 11.8 Å². The fourth-order valence-corrected chi connectivity index (χ4v) is 2.04. The number of thiol groups is 1. The molecule has 0 spiro atoms. The summed E-state index contributed by atoms with van der Waals surface area (Å²) < 4.78 is 0. The van der Waals surface area contributed by atoms with Crippen molar-refractivity contribution in [3.8, 4) is 0 Å². The molecule has 0 aliphatic rings. The minimum atomic E-state index is 0.803. The molecule has 1 atom stereocenters. The van der Waals surface area contributed by atoms with E-state index in [9.17, 15) is 0 Å². The van der Waals surface area contributed by atoms with Crippen LogP contribution in [-0.2, 0) is 0 Å². The molecule has 0 N–H and O–H groups in total. The van der Waals surface area contributed by atoms with Crippen LogP contribution in [0.15, 0.2) is 0 Å². The smallest absolute Gasteiger partial charge is 0.0364 e. The van der Waals surface area contributed by atoms with Crippen molar-refractivity contribution in [3.05, 3.63) is 0 Å². The van der Waals surface area contributed by atoms with E-state index in [1.807, 2.05) is 11.8 Å². The van der Waals surface area contributed by atoms with Gasteiger partial charge < -0.3 is 0 Å². The van der Waals surface area contributed by atoms with Crippen molar-refractivity contribution < 1.29 is 0 Å². The van der Waals surface area contributed by atoms with E-state index >= 15 is 0 Å². The molecule has 0 heterocycles. The molecule has 50 valence electrons. The van der Waals surface area contributed by atoms with Gasteiger partial charge in [-0.3, -0.25) is 0 Å². The third-order valence-electron chi connectivity index (χ3n) is 1.05. The highest BCUT2D eigenvalue weighted by molar-refractivity contribution is 8.09. The molecular formula is C6H14S2. The second-order valence-electron chi connectivity index (χ2n) is 1.90. The molecule has 8 heavy (non-hydrogen) atoms. The number of hydrogen-bond acceptors (Lipinski definition) is 2. The summed E-state index contributed by atoms with van der Waals surface area (Å²) >= 11 is 6.04. The Morgan fingerprint density at radius 1 is 1.62 bits per heavy atom. The van der Waals surface area contributed by atoms with E-state index in [1.54, 1.807) is 0 Å². The maximum atomic E-state index is 4.12. The lowest BCUT2D eigenvalue weighted by molar-refractivity contribution is 0.788. The molecule has 0 aliphatic heterocycles. The lowest BCUT2D eigenvalue weighted by Gasteiger charge is -2.05. The first-order chi connectivity index (χ1) is 3.81. The predicted octanol–water partition coefficient (Wildman–Crippen LogP) is 2.80. The maximum Gasteiger partial charge on any atom is 0.0364 e. The molecule has 0 aromatic heterocycles. The summed E-state index contributed by atoms with van der Waals surface area (Å²) in [6.07, 6.45) is 2.62. The van der Waals surface area contributed by atoms with Crippen LogP contribution in [0.4, 0.5) is 0 Å². The lowest BCUT2D eigenvalue weighted by Crippen LogP contribution is -1.93. The van der Waals surface area contributed by atoms with E-state index in [4.69, 9.17) is 0 Å². The first-order valence-corrected chi connectivity index (χ1v) is 4.71. The van der Waals surface area contributed by atoms with Crippen molar-refractivity contribution in [2.24, 2.45) is 0 Å². The Bertz CT molecular complexity index is 39.8. The average Bonchev–Trinajstić information content (AvgIpc) is 1.68. The molecule has 0 aliphatic carbocycles. The van der Waals surface area contributed by atoms with Crippen LogP contribution < -0.4 is 0 Å². The highest BCUT2D eigenvalue weighted by Crippen LogP contribution is 2.15. The van der Waals surface area contributed by atoms with Gasteiger partial charge in [-0.1, -0.05) is 20.3 Å². The molecule has 0 saturated heterocycles. The zero-order chi connectivity index (χ0) is 6.41. The van der Waals surface area contributed by atoms with Crippen LogP contribution in [-0.4, -0.2) is 10.3 Å². The van der Waals surface area contributed by atoms with E-state index in [0.717, 1.165) is 10.3 Å². The Morgan fingerprint density at radius 2 is 2.25 bits per heavy atom. The third kappa shape index (κ3) is 4.85. The van der Waals surface area contributed by atoms with Gasteiger partial charge in [0, 0.05) is 10.3 Å². The fraction of sp³-hybridized carbons (Fsp3) is 1.00. The molecular weight excluding hydrogens is 136 g/mol. The Balaban J connectivity index is 2.92. The van der Waals surface area contributed by atoms with E-state index in [0.29, 0.717) is 0 Å². The molecule has 2 heteroatoms. The Hall–Kier alpha value is 0.700. The Kier molecular flexibility index (Phi) is 6.34. The summed E-state index contributed by atoms with van der Waals surface area (Å²) in [4.78, 5) is 0. The summed E-state index contributed by atoms with van der Waals surface area (Å²) in [5.74, 6) is 0. The highest BCUT2D eigenvalue weighted by atomic mass is 32.2. The SMILES string of the molecule is CCCC(C)SCS. The molecule has 0 rings (SSSR count). The molecule has 0 nitrogen and oxygen atoms in total. The largest absolute Gasteiger partial charge is 0.168 e. The van der Waals surface area contributed by atoms with E-state index in [-0.39, 0.29) is 0 Å². The van der Waals surface area contributed by atoms with Gasteiger partial charge in [-0.25, -0.2) is 0 Å². The van der Waals surface area contributed by atoms with Crippen LogP contribution in [0.5, 0.6) is 0 Å². The summed E-state index contributed by atoms with van der Waals surface area (Å²) in [6, 6.07) is 0. The van der Waals surface area contributed by atoms with Crippen molar-refractivity contribution in [1.29, 1.82) is 0 Å². The number of thioether (sulfide) groups is 1. The lowest BCUT2D eigenvalue weighted by atomic mass is 10.3. The van der Waals surface area contributed by atoms with E-state index < -0.39 is 0 Å². The predicted molar refractivity (Wildman–Crippen MR) is 45.8 cm³/mol. The highest BCUT2D eigenvalue weighted by Gasteiger charge is 1.96. The first-order valence-electron chi connectivity index (χ1n) is 3.03. The van der Waals surface area contributed by atoms with Crippen LogP contribution in [0.3, 0.4) is 0 Å². The van der Waals surface area contributed by atoms with Crippen LogP contribution in [0.25, 0.3) is 0 Å². The molecule has 0 amide bonds. The monoisotopic (exact) mass is 150 g/mol. The molecule has 0 radical (unpaired) electrons. The molecule has 0 aromatic rings. The van der Waals surface area contributed by atoms with Gasteiger partial charge in [0.25, 0.3) is 0 Å².